The number of fused-ring (bicyclic) bond motifs is 6. The minimum absolute atomic E-state index is 0.107. The Morgan fingerprint density at radius 3 is 2.02 bits per heavy atom. The Balaban J connectivity index is 0.000000378. The third-order valence-electron chi connectivity index (χ3n) is 11.8. The molecule has 8 rings (SSSR count). The molecule has 0 saturated carbocycles. The lowest BCUT2D eigenvalue weighted by Crippen LogP contribution is -2.27. The van der Waals surface area contributed by atoms with Crippen molar-refractivity contribution in [3.63, 3.8) is 0 Å². The summed E-state index contributed by atoms with van der Waals surface area (Å²) in [6, 6.07) is 32.5. The normalized spacial score (nSPS) is 19.0. The summed E-state index contributed by atoms with van der Waals surface area (Å²) in [4.78, 5) is 2.31. The Kier molecular flexibility index (Phi) is 10.8. The maximum absolute atomic E-state index is 10.4. The van der Waals surface area contributed by atoms with Gasteiger partial charge in [0.15, 0.2) is 5.71 Å². The van der Waals surface area contributed by atoms with Gasteiger partial charge in [0.05, 0.1) is 10.3 Å². The van der Waals surface area contributed by atoms with E-state index in [1.54, 1.807) is 12.1 Å². The number of benzene rings is 5. The molecule has 3 aliphatic rings. The monoisotopic (exact) mass is 782 g/mol. The van der Waals surface area contributed by atoms with Crippen molar-refractivity contribution >= 4 is 60.4 Å². The Bertz CT molecular complexity index is 2630. The number of allylic oxidation sites excluding steroid dienone is 8. The van der Waals surface area contributed by atoms with Crippen molar-refractivity contribution in [3.8, 4) is 0 Å². The van der Waals surface area contributed by atoms with Gasteiger partial charge in [0.2, 0.25) is 5.69 Å². The van der Waals surface area contributed by atoms with Gasteiger partial charge in [-0.3, -0.25) is 0 Å². The molecule has 0 atom stereocenters. The summed E-state index contributed by atoms with van der Waals surface area (Å²) in [5.74, 6) is 0. The first kappa shape index (κ1) is 39.5. The van der Waals surface area contributed by atoms with E-state index in [-0.39, 0.29) is 15.7 Å². The number of likely N-dealkylation sites (N-methyl/N-ethyl adjacent to an activating group) is 1. The standard InChI is InChI=1S/C42H44ClN2.C7H8O3S/c1-7-44-34-24-20-28-14-9-11-18-32(28)38(34)41(3,4)36(44)26-22-30-16-13-17-31(40(30)43)23-27-37-42(5,6)39-33-19-12-10-15-29(33)21-25-35(39)45(37)8-2;1-6-2-4-7(5-3-6)11(8,9)10/h9-12,14-15,18-27H,7-8,13,16-17H2,1-6H3;2-5H,1H3,(H,8,9,10)/q+1;/p-1. The van der Waals surface area contributed by atoms with Crippen LogP contribution in [0.5, 0.6) is 0 Å². The lowest BCUT2D eigenvalue weighted by Gasteiger charge is -2.26. The highest BCUT2D eigenvalue weighted by Gasteiger charge is 2.45. The van der Waals surface area contributed by atoms with E-state index < -0.39 is 10.1 Å². The van der Waals surface area contributed by atoms with Crippen molar-refractivity contribution in [2.75, 3.05) is 18.0 Å². The number of nitrogens with zero attached hydrogens (tertiary/aromatic N) is 2. The summed E-state index contributed by atoms with van der Waals surface area (Å²) < 4.78 is 33.7. The summed E-state index contributed by atoms with van der Waals surface area (Å²) in [7, 11) is -4.27. The molecule has 7 heteroatoms. The molecule has 1 aliphatic carbocycles. The zero-order valence-electron chi connectivity index (χ0n) is 33.5. The van der Waals surface area contributed by atoms with Crippen molar-refractivity contribution in [3.05, 3.63) is 160 Å². The first-order valence-electron chi connectivity index (χ1n) is 19.7. The van der Waals surface area contributed by atoms with Crippen LogP contribution in [0.3, 0.4) is 0 Å². The van der Waals surface area contributed by atoms with E-state index in [4.69, 9.17) is 11.6 Å². The topological polar surface area (TPSA) is 63.5 Å². The van der Waals surface area contributed by atoms with Gasteiger partial charge in [0.25, 0.3) is 0 Å². The van der Waals surface area contributed by atoms with E-state index in [0.717, 1.165) is 42.9 Å². The number of anilines is 1. The Morgan fingerprint density at radius 1 is 0.768 bits per heavy atom. The fraction of sp³-hybridized carbons (Fsp3) is 0.286. The lowest BCUT2D eigenvalue weighted by atomic mass is 9.78. The van der Waals surface area contributed by atoms with Crippen LogP contribution in [0.1, 0.15) is 77.5 Å². The van der Waals surface area contributed by atoms with Crippen molar-refractivity contribution in [2.45, 2.75) is 83.5 Å². The second-order valence-corrected chi connectivity index (χ2v) is 17.8. The maximum Gasteiger partial charge on any atom is 0.210 e. The van der Waals surface area contributed by atoms with Crippen LogP contribution in [0, 0.1) is 6.92 Å². The van der Waals surface area contributed by atoms with Crippen LogP contribution < -0.4 is 4.90 Å². The molecule has 5 aromatic rings. The third-order valence-corrected chi connectivity index (χ3v) is 13.1. The fourth-order valence-electron chi connectivity index (χ4n) is 9.02. The molecule has 56 heavy (non-hydrogen) atoms. The van der Waals surface area contributed by atoms with E-state index >= 15 is 0 Å². The van der Waals surface area contributed by atoms with E-state index in [1.165, 1.54) is 78.7 Å². The van der Waals surface area contributed by atoms with Crippen LogP contribution in [0.2, 0.25) is 0 Å². The van der Waals surface area contributed by atoms with Gasteiger partial charge in [-0.2, -0.15) is 4.58 Å². The molecule has 0 N–H and O–H groups in total. The molecular weight excluding hydrogens is 732 g/mol. The minimum atomic E-state index is -4.27. The fourth-order valence-corrected chi connectivity index (χ4v) is 9.81. The largest absolute Gasteiger partial charge is 0.744 e. The first-order valence-corrected chi connectivity index (χ1v) is 21.4. The Labute approximate surface area is 337 Å². The predicted molar refractivity (Wildman–Crippen MR) is 234 cm³/mol. The highest BCUT2D eigenvalue weighted by atomic mass is 35.5. The van der Waals surface area contributed by atoms with Gasteiger partial charge in [-0.1, -0.05) is 110 Å². The molecule has 2 heterocycles. The number of halogens is 1. The van der Waals surface area contributed by atoms with E-state index in [9.17, 15) is 13.0 Å². The average Bonchev–Trinajstić information content (AvgIpc) is 3.55. The molecule has 288 valence electrons. The zero-order chi connectivity index (χ0) is 40.0. The van der Waals surface area contributed by atoms with Crippen LogP contribution in [0.4, 0.5) is 11.4 Å². The summed E-state index contributed by atoms with van der Waals surface area (Å²) >= 11 is 7.23. The molecule has 5 nitrogen and oxygen atoms in total. The van der Waals surface area contributed by atoms with Gasteiger partial charge in [-0.15, -0.1) is 0 Å². The molecule has 0 fully saturated rings. The van der Waals surface area contributed by atoms with Gasteiger partial charge in [-0.05, 0) is 122 Å². The van der Waals surface area contributed by atoms with Crippen molar-refractivity contribution in [2.24, 2.45) is 0 Å². The predicted octanol–water partition coefficient (Wildman–Crippen LogP) is 12.1. The molecule has 0 saturated heterocycles. The van der Waals surface area contributed by atoms with Crippen LogP contribution >= 0.6 is 11.6 Å². The van der Waals surface area contributed by atoms with Crippen LogP contribution in [-0.2, 0) is 20.9 Å². The Morgan fingerprint density at radius 2 is 1.39 bits per heavy atom. The molecule has 0 amide bonds. The second-order valence-electron chi connectivity index (χ2n) is 16.0. The molecule has 5 aromatic carbocycles. The quantitative estimate of drug-likeness (QED) is 0.127. The summed E-state index contributed by atoms with van der Waals surface area (Å²) in [6.45, 7) is 17.7. The number of hydrogen-bond acceptors (Lipinski definition) is 4. The van der Waals surface area contributed by atoms with Gasteiger partial charge < -0.3 is 9.45 Å². The van der Waals surface area contributed by atoms with E-state index in [1.807, 2.05) is 6.92 Å². The van der Waals surface area contributed by atoms with Crippen LogP contribution in [0.15, 0.2) is 148 Å². The van der Waals surface area contributed by atoms with E-state index in [0.29, 0.717) is 0 Å². The summed E-state index contributed by atoms with van der Waals surface area (Å²) in [6.07, 6.45) is 12.4. The SMILES string of the molecule is CCN1C(=CC=C2CCCC(C=CC3=[N+](CC)c4ccc5ccccc5c4C3(C)C)=C2Cl)C(C)(C)c2c1ccc1ccccc21.Cc1ccc(S(=O)(=O)[O-])cc1. The molecule has 0 bridgehead atoms. The minimum Gasteiger partial charge on any atom is -0.744 e. The molecule has 0 unspecified atom stereocenters. The number of rotatable bonds is 6. The molecule has 0 radical (unpaired) electrons. The van der Waals surface area contributed by atoms with Crippen molar-refractivity contribution in [1.29, 1.82) is 0 Å². The summed E-state index contributed by atoms with van der Waals surface area (Å²) in [5.41, 5.74) is 11.4. The first-order chi connectivity index (χ1) is 26.7. The highest BCUT2D eigenvalue weighted by molar-refractivity contribution is 7.85. The van der Waals surface area contributed by atoms with Gasteiger partial charge in [0, 0.05) is 46.1 Å². The maximum atomic E-state index is 10.4. The van der Waals surface area contributed by atoms with Gasteiger partial charge >= 0.3 is 0 Å². The molecule has 0 spiro atoms. The lowest BCUT2D eigenvalue weighted by molar-refractivity contribution is -0.433. The smallest absolute Gasteiger partial charge is 0.210 e. The van der Waals surface area contributed by atoms with Gasteiger partial charge in [-0.25, -0.2) is 8.42 Å². The number of aryl methyl sites for hydroxylation is 1. The van der Waals surface area contributed by atoms with Crippen molar-refractivity contribution in [1.82, 2.24) is 0 Å². The third kappa shape index (κ3) is 7.08. The highest BCUT2D eigenvalue weighted by Crippen LogP contribution is 2.51. The van der Waals surface area contributed by atoms with Crippen LogP contribution in [-0.4, -0.2) is 36.3 Å². The van der Waals surface area contributed by atoms with Crippen molar-refractivity contribution < 1.29 is 17.5 Å². The number of hydrogen-bond donors (Lipinski definition) is 0. The molecule has 0 aromatic heterocycles. The zero-order valence-corrected chi connectivity index (χ0v) is 35.1. The molecule has 2 aliphatic heterocycles. The van der Waals surface area contributed by atoms with Gasteiger partial charge in [0.1, 0.15) is 16.7 Å². The Hall–Kier alpha value is -4.75. The van der Waals surface area contributed by atoms with E-state index in [2.05, 4.69) is 148 Å². The molecular formula is C49H51ClN2O3S. The second kappa shape index (κ2) is 15.3. The van der Waals surface area contributed by atoms with Crippen LogP contribution in [0.25, 0.3) is 21.5 Å². The average molecular weight is 783 g/mol. The summed E-state index contributed by atoms with van der Waals surface area (Å²) in [5, 5.41) is 6.22.